The predicted molar refractivity (Wildman–Crippen MR) is 215 cm³/mol. The standard InChI is InChI=1S/C44H75NO7/c1-6-8-10-12-14-16-18-20-21-23-24-26-28-30-32-34-42(46)51-39-40(38-50-37-36-41(44(48)49)45(3,4)5)52-43(47)35-33-31-29-27-25-22-19-17-15-13-11-9-7-2/h8,10,12,14,16,18,20-21,23-24,40-41H,6-7,9,11,13,15,17,19,22,25-39H2,1-5H3/p+1/b10-8+,14-12+,18-16+,21-20+,24-23+. The lowest BCUT2D eigenvalue weighted by Crippen LogP contribution is -2.50. The van der Waals surface area contributed by atoms with Crippen LogP contribution >= 0.6 is 0 Å². The predicted octanol–water partition coefficient (Wildman–Crippen LogP) is 10.6. The summed E-state index contributed by atoms with van der Waals surface area (Å²) in [5.74, 6) is -1.53. The summed E-state index contributed by atoms with van der Waals surface area (Å²) in [7, 11) is 5.50. The van der Waals surface area contributed by atoms with Crippen LogP contribution in [0.2, 0.25) is 0 Å². The van der Waals surface area contributed by atoms with Crippen LogP contribution in [0.4, 0.5) is 0 Å². The van der Waals surface area contributed by atoms with Crippen LogP contribution in [0.3, 0.4) is 0 Å². The molecule has 0 bridgehead atoms. The lowest BCUT2D eigenvalue weighted by Gasteiger charge is -2.31. The maximum absolute atomic E-state index is 12.7. The number of hydrogen-bond donors (Lipinski definition) is 1. The van der Waals surface area contributed by atoms with E-state index in [0.29, 0.717) is 19.3 Å². The molecule has 0 aliphatic rings. The van der Waals surface area contributed by atoms with Crippen LogP contribution in [-0.2, 0) is 28.6 Å². The summed E-state index contributed by atoms with van der Waals surface area (Å²) < 4.78 is 17.2. The summed E-state index contributed by atoms with van der Waals surface area (Å²) >= 11 is 0. The normalized spacial score (nSPS) is 13.6. The van der Waals surface area contributed by atoms with E-state index in [-0.39, 0.29) is 36.2 Å². The summed E-state index contributed by atoms with van der Waals surface area (Å²) in [4.78, 5) is 36.8. The fourth-order valence-electron chi connectivity index (χ4n) is 5.64. The maximum Gasteiger partial charge on any atom is 0.362 e. The molecule has 0 rings (SSSR count). The minimum atomic E-state index is -0.883. The molecule has 52 heavy (non-hydrogen) atoms. The van der Waals surface area contributed by atoms with Gasteiger partial charge in [0.2, 0.25) is 0 Å². The van der Waals surface area contributed by atoms with Crippen molar-refractivity contribution in [3.05, 3.63) is 60.8 Å². The number of likely N-dealkylation sites (N-methyl/N-ethyl adjacent to an activating group) is 1. The largest absolute Gasteiger partial charge is 0.477 e. The van der Waals surface area contributed by atoms with Crippen molar-refractivity contribution in [2.24, 2.45) is 0 Å². The molecule has 8 heteroatoms. The Hall–Kier alpha value is -2.97. The van der Waals surface area contributed by atoms with Crippen molar-refractivity contribution < 1.29 is 38.2 Å². The third-order valence-corrected chi connectivity index (χ3v) is 8.81. The SMILES string of the molecule is CC/C=C/C=C/C=C/C=C/C=C/CCCCCC(=O)OCC(COCCC(C(=O)O)[N+](C)(C)C)OC(=O)CCCCCCCCCCCCCCC. The van der Waals surface area contributed by atoms with Crippen molar-refractivity contribution in [2.75, 3.05) is 41.0 Å². The zero-order valence-corrected chi connectivity index (χ0v) is 33.7. The van der Waals surface area contributed by atoms with Crippen LogP contribution < -0.4 is 0 Å². The highest BCUT2D eigenvalue weighted by Crippen LogP contribution is 2.14. The molecule has 2 atom stereocenters. The van der Waals surface area contributed by atoms with Gasteiger partial charge in [0.25, 0.3) is 0 Å². The van der Waals surface area contributed by atoms with E-state index in [1.165, 1.54) is 64.2 Å². The van der Waals surface area contributed by atoms with Gasteiger partial charge in [-0.05, 0) is 32.1 Å². The first-order valence-electron chi connectivity index (χ1n) is 20.4. The third kappa shape index (κ3) is 32.9. The van der Waals surface area contributed by atoms with E-state index in [0.717, 1.165) is 51.4 Å². The Labute approximate surface area is 318 Å². The first-order valence-corrected chi connectivity index (χ1v) is 20.4. The fourth-order valence-corrected chi connectivity index (χ4v) is 5.64. The molecule has 0 aromatic rings. The smallest absolute Gasteiger partial charge is 0.362 e. The second kappa shape index (κ2) is 35.1. The van der Waals surface area contributed by atoms with Gasteiger partial charge in [0.05, 0.1) is 34.4 Å². The van der Waals surface area contributed by atoms with Crippen LogP contribution in [0.5, 0.6) is 0 Å². The first kappa shape index (κ1) is 49.0. The van der Waals surface area contributed by atoms with Gasteiger partial charge >= 0.3 is 17.9 Å². The number of rotatable bonds is 35. The molecule has 8 nitrogen and oxygen atoms in total. The highest BCUT2D eigenvalue weighted by molar-refractivity contribution is 5.72. The molecule has 0 saturated carbocycles. The minimum Gasteiger partial charge on any atom is -0.477 e. The molecule has 0 radical (unpaired) electrons. The van der Waals surface area contributed by atoms with Crippen molar-refractivity contribution in [3.63, 3.8) is 0 Å². The number of esters is 2. The Morgan fingerprint density at radius 1 is 0.596 bits per heavy atom. The molecule has 1 N–H and O–H groups in total. The van der Waals surface area contributed by atoms with Crippen LogP contribution in [0.15, 0.2) is 60.8 Å². The molecule has 0 fully saturated rings. The van der Waals surface area contributed by atoms with E-state index < -0.39 is 18.1 Å². The molecule has 0 spiro atoms. The molecule has 2 unspecified atom stereocenters. The Bertz CT molecular complexity index is 1040. The summed E-state index contributed by atoms with van der Waals surface area (Å²) in [5.41, 5.74) is 0. The number of carbonyl (C=O) groups is 3. The number of ether oxygens (including phenoxy) is 3. The molecule has 0 aromatic heterocycles. The topological polar surface area (TPSA) is 99.1 Å². The van der Waals surface area contributed by atoms with Gasteiger partial charge in [-0.2, -0.15) is 0 Å². The number of unbranched alkanes of at least 4 members (excludes halogenated alkanes) is 15. The minimum absolute atomic E-state index is 0.0463. The van der Waals surface area contributed by atoms with Crippen molar-refractivity contribution in [1.29, 1.82) is 0 Å². The lowest BCUT2D eigenvalue weighted by molar-refractivity contribution is -0.887. The molecule has 0 aromatic carbocycles. The van der Waals surface area contributed by atoms with Crippen molar-refractivity contribution in [2.45, 2.75) is 161 Å². The second-order valence-electron chi connectivity index (χ2n) is 14.6. The Morgan fingerprint density at radius 2 is 1.08 bits per heavy atom. The number of quaternary nitrogens is 1. The molecule has 298 valence electrons. The van der Waals surface area contributed by atoms with Crippen molar-refractivity contribution in [1.82, 2.24) is 0 Å². The van der Waals surface area contributed by atoms with E-state index >= 15 is 0 Å². The Kier molecular flexibility index (Phi) is 33.1. The van der Waals surface area contributed by atoms with Gasteiger partial charge in [-0.3, -0.25) is 9.59 Å². The zero-order chi connectivity index (χ0) is 38.5. The Balaban J connectivity index is 4.48. The van der Waals surface area contributed by atoms with Gasteiger partial charge < -0.3 is 23.8 Å². The second-order valence-corrected chi connectivity index (χ2v) is 14.6. The van der Waals surface area contributed by atoms with Crippen molar-refractivity contribution in [3.8, 4) is 0 Å². The van der Waals surface area contributed by atoms with Crippen LogP contribution in [-0.4, -0.2) is 80.6 Å². The highest BCUT2D eigenvalue weighted by Gasteiger charge is 2.31. The molecule has 0 aliphatic carbocycles. The van der Waals surface area contributed by atoms with Gasteiger partial charge in [0.1, 0.15) is 6.61 Å². The van der Waals surface area contributed by atoms with E-state index in [4.69, 9.17) is 14.2 Å². The van der Waals surface area contributed by atoms with Crippen LogP contribution in [0, 0.1) is 0 Å². The first-order chi connectivity index (χ1) is 25.1. The number of carbonyl (C=O) groups excluding carboxylic acids is 2. The summed E-state index contributed by atoms with van der Waals surface area (Å²) in [6.07, 6.45) is 41.1. The highest BCUT2D eigenvalue weighted by atomic mass is 16.6. The number of carboxylic acid groups (broad SMARTS) is 1. The van der Waals surface area contributed by atoms with Gasteiger partial charge in [0.15, 0.2) is 12.1 Å². The average Bonchev–Trinajstić information content (AvgIpc) is 3.09. The van der Waals surface area contributed by atoms with Gasteiger partial charge in [-0.1, -0.05) is 158 Å². The van der Waals surface area contributed by atoms with Gasteiger partial charge in [-0.15, -0.1) is 0 Å². The molecular weight excluding hydrogens is 654 g/mol. The number of carboxylic acids is 1. The number of allylic oxidation sites excluding steroid dienone is 10. The summed E-state index contributed by atoms with van der Waals surface area (Å²) in [6, 6.07) is -0.621. The number of aliphatic carboxylic acids is 1. The van der Waals surface area contributed by atoms with Crippen LogP contribution in [0.1, 0.15) is 149 Å². The lowest BCUT2D eigenvalue weighted by atomic mass is 10.0. The third-order valence-electron chi connectivity index (χ3n) is 8.81. The fraction of sp³-hybridized carbons (Fsp3) is 0.705. The molecule has 0 heterocycles. The Morgan fingerprint density at radius 3 is 1.60 bits per heavy atom. The number of nitrogens with zero attached hydrogens (tertiary/aromatic N) is 1. The van der Waals surface area contributed by atoms with E-state index in [9.17, 15) is 19.5 Å². The molecule has 0 saturated heterocycles. The average molecular weight is 731 g/mol. The number of hydrogen-bond acceptors (Lipinski definition) is 6. The summed E-state index contributed by atoms with van der Waals surface area (Å²) in [6.45, 7) is 4.53. The van der Waals surface area contributed by atoms with Crippen LogP contribution in [0.25, 0.3) is 0 Å². The van der Waals surface area contributed by atoms with Crippen molar-refractivity contribution >= 4 is 17.9 Å². The van der Waals surface area contributed by atoms with Gasteiger partial charge in [0, 0.05) is 19.3 Å². The van der Waals surface area contributed by atoms with E-state index in [1.54, 1.807) is 0 Å². The van der Waals surface area contributed by atoms with E-state index in [2.05, 4.69) is 26.0 Å². The maximum atomic E-state index is 12.7. The molecule has 0 amide bonds. The molecular formula is C44H76NO7+. The molecule has 0 aliphatic heterocycles. The van der Waals surface area contributed by atoms with Gasteiger partial charge in [-0.25, -0.2) is 4.79 Å². The summed E-state index contributed by atoms with van der Waals surface area (Å²) in [5, 5.41) is 9.59. The quantitative estimate of drug-likeness (QED) is 0.0300. The zero-order valence-electron chi connectivity index (χ0n) is 33.7. The van der Waals surface area contributed by atoms with E-state index in [1.807, 2.05) is 69.8 Å². The monoisotopic (exact) mass is 731 g/mol.